The second kappa shape index (κ2) is 12.4. The van der Waals surface area contributed by atoms with Crippen LogP contribution < -0.4 is 15.3 Å². The molecule has 2 heterocycles. The lowest BCUT2D eigenvalue weighted by Gasteiger charge is -2.58. The number of hydrogen-bond donors (Lipinski definition) is 0. The van der Waals surface area contributed by atoms with Crippen molar-refractivity contribution >= 4 is 29.2 Å². The van der Waals surface area contributed by atoms with E-state index in [0.717, 1.165) is 0 Å². The van der Waals surface area contributed by atoms with Gasteiger partial charge in [0.15, 0.2) is 0 Å². The van der Waals surface area contributed by atoms with Crippen molar-refractivity contribution < 1.29 is 0 Å². The van der Waals surface area contributed by atoms with Gasteiger partial charge in [-0.3, -0.25) is 0 Å². The predicted molar refractivity (Wildman–Crippen MR) is 233 cm³/mol. The molecule has 0 spiro atoms. The smallest absolute Gasteiger partial charge is 0.200 e. The van der Waals surface area contributed by atoms with Crippen molar-refractivity contribution in [2.45, 2.75) is 144 Å². The van der Waals surface area contributed by atoms with Gasteiger partial charge in [-0.15, -0.1) is 0 Å². The number of hydrogen-bond acceptors (Lipinski definition) is 2. The molecule has 2 nitrogen and oxygen atoms in total. The Morgan fingerprint density at radius 1 is 0.491 bits per heavy atom. The molecule has 2 aliphatic carbocycles. The summed E-state index contributed by atoms with van der Waals surface area (Å²) in [5.74, 6) is 0.573. The molecule has 0 bridgehead atoms. The Hall–Kier alpha value is -3.72. The zero-order valence-electron chi connectivity index (χ0n) is 35.5. The zero-order valence-corrected chi connectivity index (χ0v) is 35.5. The van der Waals surface area contributed by atoms with Crippen LogP contribution in [0, 0.1) is 10.8 Å². The van der Waals surface area contributed by atoms with Crippen LogP contribution in [-0.2, 0) is 16.2 Å². The predicted octanol–water partition coefficient (Wildman–Crippen LogP) is 12.8. The van der Waals surface area contributed by atoms with Crippen LogP contribution in [0.25, 0.3) is 0 Å². The molecule has 0 N–H and O–H groups in total. The van der Waals surface area contributed by atoms with E-state index in [1.165, 1.54) is 56.1 Å². The molecule has 0 amide bonds. The molecule has 4 unspecified atom stereocenters. The second-order valence-corrected chi connectivity index (χ2v) is 21.6. The van der Waals surface area contributed by atoms with Crippen LogP contribution in [-0.4, -0.2) is 18.8 Å². The summed E-state index contributed by atoms with van der Waals surface area (Å²) in [4.78, 5) is 5.46. The minimum atomic E-state index is -0.00802. The molecular formula is C50H65BN2. The average molecular weight is 705 g/mol. The van der Waals surface area contributed by atoms with E-state index < -0.39 is 0 Å². The number of rotatable bonds is 2. The summed E-state index contributed by atoms with van der Waals surface area (Å²) >= 11 is 0. The normalized spacial score (nSPS) is 23.2. The first-order valence-electron chi connectivity index (χ1n) is 20.2. The molecule has 3 heteroatoms. The van der Waals surface area contributed by atoms with Crippen LogP contribution in [0.2, 0.25) is 11.6 Å². The fraction of sp³-hybridized carbons (Fsp3) is 0.480. The number of benzene rings is 3. The molecule has 0 aromatic heterocycles. The van der Waals surface area contributed by atoms with Crippen LogP contribution in [0.1, 0.15) is 121 Å². The minimum absolute atomic E-state index is 0.00802. The van der Waals surface area contributed by atoms with Gasteiger partial charge in [-0.05, 0) is 97.1 Å². The van der Waals surface area contributed by atoms with Gasteiger partial charge in [-0.2, -0.15) is 0 Å². The van der Waals surface area contributed by atoms with E-state index in [1.54, 1.807) is 0 Å². The minimum Gasteiger partial charge on any atom is -0.339 e. The molecule has 278 valence electrons. The van der Waals surface area contributed by atoms with Crippen molar-refractivity contribution in [1.82, 2.24) is 0 Å². The first kappa shape index (κ1) is 37.6. The Morgan fingerprint density at radius 3 is 1.47 bits per heavy atom. The molecule has 4 aliphatic rings. The van der Waals surface area contributed by atoms with Crippen molar-refractivity contribution in [2.75, 3.05) is 9.80 Å². The molecule has 3 aromatic carbocycles. The third-order valence-electron chi connectivity index (χ3n) is 12.5. The van der Waals surface area contributed by atoms with Crippen LogP contribution in [0.5, 0.6) is 0 Å². The van der Waals surface area contributed by atoms with Gasteiger partial charge >= 0.3 is 0 Å². The van der Waals surface area contributed by atoms with Gasteiger partial charge in [0.05, 0.1) is 12.1 Å². The van der Waals surface area contributed by atoms with Gasteiger partial charge in [0.1, 0.15) is 0 Å². The van der Waals surface area contributed by atoms with Crippen LogP contribution in [0.3, 0.4) is 0 Å². The summed E-state index contributed by atoms with van der Waals surface area (Å²) in [5.41, 5.74) is 14.2. The van der Waals surface area contributed by atoms with Gasteiger partial charge in [0, 0.05) is 28.6 Å². The van der Waals surface area contributed by atoms with E-state index in [0.29, 0.717) is 12.5 Å². The lowest BCUT2D eigenvalue weighted by molar-refractivity contribution is 0.494. The summed E-state index contributed by atoms with van der Waals surface area (Å²) in [5, 5.41) is 0. The highest BCUT2D eigenvalue weighted by Crippen LogP contribution is 2.57. The fourth-order valence-corrected chi connectivity index (χ4v) is 9.22. The summed E-state index contributed by atoms with van der Waals surface area (Å²) in [6, 6.07) is 26.9. The van der Waals surface area contributed by atoms with Crippen molar-refractivity contribution in [3.8, 4) is 0 Å². The number of fused-ring (bicyclic) bond motifs is 4. The molecule has 3 aromatic rings. The maximum absolute atomic E-state index is 2.75. The van der Waals surface area contributed by atoms with Crippen LogP contribution in [0.15, 0.2) is 114 Å². The highest BCUT2D eigenvalue weighted by molar-refractivity contribution is 6.80. The Morgan fingerprint density at radius 2 is 0.981 bits per heavy atom. The van der Waals surface area contributed by atoms with Gasteiger partial charge in [0.2, 0.25) is 6.71 Å². The first-order chi connectivity index (χ1) is 24.4. The molecule has 0 radical (unpaired) electrons. The summed E-state index contributed by atoms with van der Waals surface area (Å²) in [6.45, 7) is 35.6. The molecule has 4 atom stereocenters. The topological polar surface area (TPSA) is 6.48 Å². The lowest BCUT2D eigenvalue weighted by atomic mass is 9.24. The van der Waals surface area contributed by atoms with Crippen molar-refractivity contribution in [3.05, 3.63) is 131 Å². The first-order valence-corrected chi connectivity index (χ1v) is 20.2. The maximum Gasteiger partial charge on any atom is 0.200 e. The van der Waals surface area contributed by atoms with Crippen molar-refractivity contribution in [3.63, 3.8) is 0 Å². The van der Waals surface area contributed by atoms with Gasteiger partial charge in [-0.1, -0.05) is 170 Å². The Labute approximate surface area is 323 Å². The van der Waals surface area contributed by atoms with E-state index in [2.05, 4.69) is 211 Å². The number of allylic oxidation sites excluding steroid dienone is 4. The summed E-state index contributed by atoms with van der Waals surface area (Å²) < 4.78 is 0. The van der Waals surface area contributed by atoms with E-state index in [-0.39, 0.29) is 45.0 Å². The van der Waals surface area contributed by atoms with E-state index in [1.807, 2.05) is 0 Å². The fourth-order valence-electron chi connectivity index (χ4n) is 9.22. The second-order valence-electron chi connectivity index (χ2n) is 21.6. The molecular weight excluding hydrogens is 639 g/mol. The standard InChI is InChI=1S/C50H65BN2/c1-46(2,3)32-16-22-37(23-17-32)52-41-26-20-34(48(7,8)9)28-39(41)51-40-29-35(49(10,11)12)21-27-42(40)53(38-24-18-33(19-25-38)47(4,5)6)44-31-36(50(13,14)15)30-43(52)45(44)51/h16-31,39,41,44-45H,1-15H3. The Balaban J connectivity index is 1.53. The van der Waals surface area contributed by atoms with E-state index in [4.69, 9.17) is 0 Å². The van der Waals surface area contributed by atoms with Gasteiger partial charge in [0.25, 0.3) is 0 Å². The van der Waals surface area contributed by atoms with E-state index >= 15 is 0 Å². The quantitative estimate of drug-likeness (QED) is 0.245. The number of nitrogens with zero attached hydrogens (tertiary/aromatic N) is 2. The van der Waals surface area contributed by atoms with E-state index in [9.17, 15) is 0 Å². The molecule has 1 fully saturated rings. The Kier molecular flexibility index (Phi) is 8.80. The van der Waals surface area contributed by atoms with Crippen molar-refractivity contribution in [2.24, 2.45) is 10.8 Å². The van der Waals surface area contributed by atoms with Gasteiger partial charge in [-0.25, -0.2) is 0 Å². The Bertz CT molecular complexity index is 2000. The monoisotopic (exact) mass is 705 g/mol. The molecule has 2 aliphatic heterocycles. The zero-order chi connectivity index (χ0) is 38.6. The highest BCUT2D eigenvalue weighted by Gasteiger charge is 2.57. The largest absolute Gasteiger partial charge is 0.339 e. The van der Waals surface area contributed by atoms with Crippen molar-refractivity contribution in [1.29, 1.82) is 0 Å². The molecule has 7 rings (SSSR count). The highest BCUT2D eigenvalue weighted by atomic mass is 15.2. The van der Waals surface area contributed by atoms with Gasteiger partial charge < -0.3 is 9.80 Å². The van der Waals surface area contributed by atoms with Crippen LogP contribution in [0.4, 0.5) is 17.1 Å². The summed E-state index contributed by atoms with van der Waals surface area (Å²) in [7, 11) is 0. The van der Waals surface area contributed by atoms with Crippen LogP contribution >= 0.6 is 0 Å². The lowest BCUT2D eigenvalue weighted by Crippen LogP contribution is -2.64. The molecule has 1 saturated heterocycles. The number of anilines is 3. The maximum atomic E-state index is 2.75. The average Bonchev–Trinajstić information content (AvgIpc) is 3.05. The molecule has 53 heavy (non-hydrogen) atoms. The third-order valence-corrected chi connectivity index (χ3v) is 12.5. The molecule has 0 saturated carbocycles. The SMILES string of the molecule is CC(C)(C)C1=CC2B3c4cc(C(C)(C)C)ccc4N(c4ccc(C(C)(C)C)cc4)C4C=C(C(C)(C)C)C=C(C34)N(c3ccc(C(C)(C)C)cc3)C2C=C1. The summed E-state index contributed by atoms with van der Waals surface area (Å²) in [6.07, 6.45) is 12.9. The third kappa shape index (κ3) is 6.70.